The maximum atomic E-state index is 13.8. The van der Waals surface area contributed by atoms with E-state index in [-0.39, 0.29) is 11.6 Å². The number of halogens is 2. The lowest BCUT2D eigenvalue weighted by atomic mass is 10.00. The molecule has 9 heteroatoms. The average Bonchev–Trinajstić information content (AvgIpc) is 3.29. The number of carboxylic acid groups (broad SMARTS) is 2. The number of hydrogen-bond donors (Lipinski definition) is 3. The van der Waals surface area contributed by atoms with Crippen LogP contribution in [0.3, 0.4) is 0 Å². The maximum absolute atomic E-state index is 13.8. The minimum atomic E-state index is -1.82. The molecule has 1 aliphatic heterocycles. The summed E-state index contributed by atoms with van der Waals surface area (Å²) in [6, 6.07) is 13.4. The van der Waals surface area contributed by atoms with Crippen molar-refractivity contribution in [2.75, 3.05) is 19.6 Å². The summed E-state index contributed by atoms with van der Waals surface area (Å²) in [5.74, 6) is -4.05. The number of aromatic nitrogens is 2. The second-order valence-electron chi connectivity index (χ2n) is 7.80. The Hall–Kier alpha value is -3.85. The van der Waals surface area contributed by atoms with Crippen LogP contribution in [0.25, 0.3) is 17.3 Å². The molecule has 0 radical (unpaired) electrons. The zero-order valence-electron chi connectivity index (χ0n) is 18.4. The first kappa shape index (κ1) is 24.8. The molecule has 178 valence electrons. The maximum Gasteiger partial charge on any atom is 0.414 e. The second-order valence-corrected chi connectivity index (χ2v) is 7.80. The van der Waals surface area contributed by atoms with Crippen LogP contribution in [0.4, 0.5) is 8.78 Å². The molecule has 34 heavy (non-hydrogen) atoms. The summed E-state index contributed by atoms with van der Waals surface area (Å²) in [4.78, 5) is 20.6. The SMILES string of the molecule is Fc1ccc(-c2[nH]ncc2CCN2CCC(=Cc3ccccc3F)CC2)cc1.O=C(O)C(=O)O. The molecule has 0 atom stereocenters. The molecule has 1 fully saturated rings. The molecular formula is C25H25F2N3O4. The quantitative estimate of drug-likeness (QED) is 0.483. The highest BCUT2D eigenvalue weighted by Crippen LogP contribution is 2.24. The highest BCUT2D eigenvalue weighted by molar-refractivity contribution is 6.27. The van der Waals surface area contributed by atoms with Crippen molar-refractivity contribution in [1.29, 1.82) is 0 Å². The van der Waals surface area contributed by atoms with Gasteiger partial charge >= 0.3 is 11.9 Å². The van der Waals surface area contributed by atoms with Gasteiger partial charge in [-0.15, -0.1) is 0 Å². The second kappa shape index (κ2) is 11.9. The Kier molecular flexibility index (Phi) is 8.64. The number of piperidine rings is 1. The first-order chi connectivity index (χ1) is 16.3. The predicted molar refractivity (Wildman–Crippen MR) is 123 cm³/mol. The van der Waals surface area contributed by atoms with E-state index in [1.165, 1.54) is 23.8 Å². The zero-order valence-corrected chi connectivity index (χ0v) is 18.4. The first-order valence-electron chi connectivity index (χ1n) is 10.7. The van der Waals surface area contributed by atoms with Crippen LogP contribution in [0, 0.1) is 11.6 Å². The Morgan fingerprint density at radius 2 is 1.65 bits per heavy atom. The van der Waals surface area contributed by atoms with Gasteiger partial charge in [0.2, 0.25) is 0 Å². The van der Waals surface area contributed by atoms with Gasteiger partial charge in [0.05, 0.1) is 11.9 Å². The van der Waals surface area contributed by atoms with E-state index in [0.29, 0.717) is 5.56 Å². The van der Waals surface area contributed by atoms with Crippen molar-refractivity contribution in [3.63, 3.8) is 0 Å². The van der Waals surface area contributed by atoms with Crippen LogP contribution >= 0.6 is 0 Å². The molecule has 0 aliphatic carbocycles. The van der Waals surface area contributed by atoms with Crippen molar-refractivity contribution < 1.29 is 28.6 Å². The van der Waals surface area contributed by atoms with Crippen LogP contribution in [0.15, 0.2) is 60.3 Å². The minimum absolute atomic E-state index is 0.161. The Morgan fingerprint density at radius 1 is 1.00 bits per heavy atom. The number of benzene rings is 2. The van der Waals surface area contributed by atoms with Crippen molar-refractivity contribution >= 4 is 18.0 Å². The zero-order chi connectivity index (χ0) is 24.5. The number of carboxylic acids is 2. The lowest BCUT2D eigenvalue weighted by molar-refractivity contribution is -0.159. The molecule has 1 aromatic heterocycles. The Balaban J connectivity index is 0.000000481. The molecule has 3 N–H and O–H groups in total. The number of H-pyrrole nitrogens is 1. The fourth-order valence-corrected chi connectivity index (χ4v) is 3.67. The van der Waals surface area contributed by atoms with Gasteiger partial charge in [-0.3, -0.25) is 5.10 Å². The smallest absolute Gasteiger partial charge is 0.414 e. The standard InChI is InChI=1S/C23H23F2N3.C2H2O4/c24-21-7-5-18(6-8-21)23-20(16-26-27-23)11-14-28-12-9-17(10-13-28)15-19-3-1-2-4-22(19)25;3-1(4)2(5)6/h1-8,15-16H,9-14H2,(H,26,27);(H,3,4)(H,5,6). The molecule has 0 bridgehead atoms. The van der Waals surface area contributed by atoms with E-state index in [1.807, 2.05) is 24.4 Å². The van der Waals surface area contributed by atoms with E-state index >= 15 is 0 Å². The van der Waals surface area contributed by atoms with E-state index in [9.17, 15) is 8.78 Å². The third kappa shape index (κ3) is 7.08. The van der Waals surface area contributed by atoms with Crippen molar-refractivity contribution in [2.45, 2.75) is 19.3 Å². The average molecular weight is 469 g/mol. The summed E-state index contributed by atoms with van der Waals surface area (Å²) in [6.45, 7) is 2.90. The number of hydrogen-bond acceptors (Lipinski definition) is 4. The molecular weight excluding hydrogens is 444 g/mol. The van der Waals surface area contributed by atoms with Crippen LogP contribution in [0.2, 0.25) is 0 Å². The highest BCUT2D eigenvalue weighted by Gasteiger charge is 2.16. The predicted octanol–water partition coefficient (Wildman–Crippen LogP) is 4.23. The number of aliphatic carboxylic acids is 2. The number of nitrogens with one attached hydrogen (secondary N) is 1. The third-order valence-corrected chi connectivity index (χ3v) is 5.49. The molecule has 1 aliphatic rings. The van der Waals surface area contributed by atoms with E-state index < -0.39 is 11.9 Å². The highest BCUT2D eigenvalue weighted by atomic mass is 19.1. The van der Waals surface area contributed by atoms with Gasteiger partial charge in [-0.1, -0.05) is 29.8 Å². The van der Waals surface area contributed by atoms with Crippen molar-refractivity contribution in [1.82, 2.24) is 15.1 Å². The van der Waals surface area contributed by atoms with Crippen LogP contribution < -0.4 is 0 Å². The minimum Gasteiger partial charge on any atom is -0.473 e. The summed E-state index contributed by atoms with van der Waals surface area (Å²) < 4.78 is 27.0. The Labute approximate surface area is 195 Å². The number of carbonyl (C=O) groups is 2. The van der Waals surface area contributed by atoms with Crippen molar-refractivity contribution in [2.24, 2.45) is 0 Å². The Morgan fingerprint density at radius 3 is 2.26 bits per heavy atom. The Bertz CT molecular complexity index is 1140. The molecule has 2 heterocycles. The van der Waals surface area contributed by atoms with Gasteiger partial charge in [0, 0.05) is 30.8 Å². The number of rotatable bonds is 5. The van der Waals surface area contributed by atoms with Crippen LogP contribution in [0.1, 0.15) is 24.0 Å². The number of likely N-dealkylation sites (tertiary alicyclic amines) is 1. The van der Waals surface area contributed by atoms with E-state index in [0.717, 1.165) is 55.7 Å². The largest absolute Gasteiger partial charge is 0.473 e. The number of nitrogens with zero attached hydrogens (tertiary/aromatic N) is 2. The summed E-state index contributed by atoms with van der Waals surface area (Å²) in [6.07, 6.45) is 6.66. The van der Waals surface area contributed by atoms with Gasteiger partial charge in [0.25, 0.3) is 0 Å². The molecule has 2 aromatic carbocycles. The number of aromatic amines is 1. The molecule has 3 aromatic rings. The fourth-order valence-electron chi connectivity index (χ4n) is 3.67. The lowest BCUT2D eigenvalue weighted by Crippen LogP contribution is -2.32. The summed E-state index contributed by atoms with van der Waals surface area (Å²) in [5.41, 5.74) is 5.02. The summed E-state index contributed by atoms with van der Waals surface area (Å²) in [7, 11) is 0. The van der Waals surface area contributed by atoms with E-state index in [2.05, 4.69) is 15.1 Å². The molecule has 0 unspecified atom stereocenters. The molecule has 0 saturated carbocycles. The lowest BCUT2D eigenvalue weighted by Gasteiger charge is -2.28. The van der Waals surface area contributed by atoms with E-state index in [1.54, 1.807) is 18.2 Å². The molecule has 4 rings (SSSR count). The topological polar surface area (TPSA) is 107 Å². The third-order valence-electron chi connectivity index (χ3n) is 5.49. The molecule has 1 saturated heterocycles. The van der Waals surface area contributed by atoms with Crippen molar-refractivity contribution in [3.8, 4) is 11.3 Å². The first-order valence-corrected chi connectivity index (χ1v) is 10.7. The summed E-state index contributed by atoms with van der Waals surface area (Å²) >= 11 is 0. The van der Waals surface area contributed by atoms with Crippen LogP contribution in [0.5, 0.6) is 0 Å². The van der Waals surface area contributed by atoms with Gasteiger partial charge in [0.1, 0.15) is 11.6 Å². The molecule has 0 spiro atoms. The van der Waals surface area contributed by atoms with Gasteiger partial charge in [0.15, 0.2) is 0 Å². The van der Waals surface area contributed by atoms with Crippen LogP contribution in [-0.4, -0.2) is 56.9 Å². The molecule has 7 nitrogen and oxygen atoms in total. The van der Waals surface area contributed by atoms with Crippen molar-refractivity contribution in [3.05, 3.63) is 83.1 Å². The van der Waals surface area contributed by atoms with Gasteiger partial charge in [-0.25, -0.2) is 18.4 Å². The van der Waals surface area contributed by atoms with E-state index in [4.69, 9.17) is 19.8 Å². The normalized spacial score (nSPS) is 13.6. The fraction of sp³-hybridized carbons (Fsp3) is 0.240. The van der Waals surface area contributed by atoms with Gasteiger partial charge in [-0.05, 0) is 55.2 Å². The van der Waals surface area contributed by atoms with Gasteiger partial charge < -0.3 is 15.1 Å². The molecule has 0 amide bonds. The monoisotopic (exact) mass is 469 g/mol. The van der Waals surface area contributed by atoms with Gasteiger partial charge in [-0.2, -0.15) is 5.10 Å². The van der Waals surface area contributed by atoms with Crippen LogP contribution in [-0.2, 0) is 16.0 Å². The summed E-state index contributed by atoms with van der Waals surface area (Å²) in [5, 5.41) is 22.0.